The van der Waals surface area contributed by atoms with Crippen LogP contribution in [0.25, 0.3) is 0 Å². The van der Waals surface area contributed by atoms with Crippen LogP contribution in [0.4, 0.5) is 5.00 Å². The van der Waals surface area contributed by atoms with Gasteiger partial charge in [0.05, 0.1) is 25.5 Å². The SMILES string of the molecule is COC(=O)c1sc(NC(=O)CSc2nnc(C)s2)c(C(=O)OC)c1C. The van der Waals surface area contributed by atoms with E-state index >= 15 is 0 Å². The van der Waals surface area contributed by atoms with Crippen LogP contribution in [0.15, 0.2) is 4.34 Å². The average molecular weight is 401 g/mol. The molecule has 0 aliphatic carbocycles. The highest BCUT2D eigenvalue weighted by atomic mass is 32.2. The van der Waals surface area contributed by atoms with E-state index in [4.69, 9.17) is 9.47 Å². The molecular formula is C14H15N3O5S3. The molecule has 0 radical (unpaired) electrons. The Morgan fingerprint density at radius 3 is 2.32 bits per heavy atom. The second-order valence-electron chi connectivity index (χ2n) is 4.67. The van der Waals surface area contributed by atoms with Crippen molar-refractivity contribution in [1.29, 1.82) is 0 Å². The van der Waals surface area contributed by atoms with Crippen molar-refractivity contribution in [2.75, 3.05) is 25.3 Å². The molecule has 0 saturated heterocycles. The Morgan fingerprint density at radius 1 is 1.08 bits per heavy atom. The van der Waals surface area contributed by atoms with Crippen LogP contribution in [0.1, 0.15) is 30.6 Å². The molecule has 0 fully saturated rings. The second-order valence-corrected chi connectivity index (χ2v) is 8.09. The molecule has 134 valence electrons. The molecule has 1 N–H and O–H groups in total. The molecule has 0 aliphatic rings. The zero-order valence-corrected chi connectivity index (χ0v) is 16.3. The summed E-state index contributed by atoms with van der Waals surface area (Å²) in [5.74, 6) is -1.45. The van der Waals surface area contributed by atoms with E-state index in [0.29, 0.717) is 9.90 Å². The van der Waals surface area contributed by atoms with Crippen LogP contribution >= 0.6 is 34.4 Å². The van der Waals surface area contributed by atoms with E-state index in [1.54, 1.807) is 6.92 Å². The van der Waals surface area contributed by atoms with E-state index in [1.807, 2.05) is 6.92 Å². The van der Waals surface area contributed by atoms with E-state index < -0.39 is 11.9 Å². The van der Waals surface area contributed by atoms with Crippen LogP contribution in [0, 0.1) is 13.8 Å². The first-order valence-electron chi connectivity index (χ1n) is 6.90. The topological polar surface area (TPSA) is 107 Å². The lowest BCUT2D eigenvalue weighted by Crippen LogP contribution is -2.16. The molecule has 0 atom stereocenters. The summed E-state index contributed by atoms with van der Waals surface area (Å²) in [6.45, 7) is 3.43. The summed E-state index contributed by atoms with van der Waals surface area (Å²) in [7, 11) is 2.48. The highest BCUT2D eigenvalue weighted by molar-refractivity contribution is 8.01. The van der Waals surface area contributed by atoms with Crippen molar-refractivity contribution in [2.24, 2.45) is 0 Å². The minimum Gasteiger partial charge on any atom is -0.465 e. The zero-order chi connectivity index (χ0) is 18.6. The summed E-state index contributed by atoms with van der Waals surface area (Å²) in [6, 6.07) is 0. The first-order valence-corrected chi connectivity index (χ1v) is 9.52. The van der Waals surface area contributed by atoms with Gasteiger partial charge in [-0.3, -0.25) is 4.79 Å². The molecule has 2 aromatic rings. The number of esters is 2. The van der Waals surface area contributed by atoms with Crippen molar-refractivity contribution < 1.29 is 23.9 Å². The molecule has 1 amide bonds. The fourth-order valence-electron chi connectivity index (χ4n) is 1.86. The summed E-state index contributed by atoms with van der Waals surface area (Å²) in [5.41, 5.74) is 0.560. The van der Waals surface area contributed by atoms with Gasteiger partial charge < -0.3 is 14.8 Å². The predicted molar refractivity (Wildman–Crippen MR) is 95.7 cm³/mol. The fourth-order valence-corrected chi connectivity index (χ4v) is 4.61. The summed E-state index contributed by atoms with van der Waals surface area (Å²) in [4.78, 5) is 36.2. The molecule has 8 nitrogen and oxygen atoms in total. The van der Waals surface area contributed by atoms with Gasteiger partial charge in [0.25, 0.3) is 0 Å². The number of thiophene rings is 1. The number of ether oxygens (including phenoxy) is 2. The van der Waals surface area contributed by atoms with Crippen LogP contribution in [0.3, 0.4) is 0 Å². The Kier molecular flexibility index (Phi) is 6.51. The highest BCUT2D eigenvalue weighted by Crippen LogP contribution is 2.34. The summed E-state index contributed by atoms with van der Waals surface area (Å²) < 4.78 is 10.1. The number of nitrogens with zero attached hydrogens (tertiary/aromatic N) is 2. The van der Waals surface area contributed by atoms with E-state index in [2.05, 4.69) is 15.5 Å². The number of thioether (sulfide) groups is 1. The lowest BCUT2D eigenvalue weighted by Gasteiger charge is -2.05. The molecule has 0 aliphatic heterocycles. The number of amides is 1. The number of anilines is 1. The maximum absolute atomic E-state index is 12.2. The molecule has 2 rings (SSSR count). The van der Waals surface area contributed by atoms with E-state index in [0.717, 1.165) is 16.3 Å². The third kappa shape index (κ3) is 4.55. The standard InChI is InChI=1S/C14H15N3O5S3/c1-6-9(12(19)21-3)11(25-10(6)13(20)22-4)15-8(18)5-23-14-17-16-7(2)24-14/h5H2,1-4H3,(H,15,18). The first-order chi connectivity index (χ1) is 11.9. The fraction of sp³-hybridized carbons (Fsp3) is 0.357. The van der Waals surface area contributed by atoms with Crippen molar-refractivity contribution >= 4 is 57.3 Å². The van der Waals surface area contributed by atoms with Crippen LogP contribution in [-0.2, 0) is 14.3 Å². The number of carbonyl (C=O) groups excluding carboxylic acids is 3. The van der Waals surface area contributed by atoms with Gasteiger partial charge in [0.15, 0.2) is 4.34 Å². The molecule has 0 bridgehead atoms. The highest BCUT2D eigenvalue weighted by Gasteiger charge is 2.26. The maximum Gasteiger partial charge on any atom is 0.348 e. The normalized spacial score (nSPS) is 10.4. The molecule has 0 unspecified atom stereocenters. The molecule has 0 aromatic carbocycles. The van der Waals surface area contributed by atoms with Gasteiger partial charge in [0.2, 0.25) is 5.91 Å². The second kappa shape index (κ2) is 8.41. The Morgan fingerprint density at radius 2 is 1.76 bits per heavy atom. The molecule has 2 heterocycles. The Bertz CT molecular complexity index is 815. The van der Waals surface area contributed by atoms with Gasteiger partial charge in [-0.1, -0.05) is 23.1 Å². The zero-order valence-electron chi connectivity index (χ0n) is 13.9. The van der Waals surface area contributed by atoms with Crippen molar-refractivity contribution in [3.05, 3.63) is 21.0 Å². The number of hydrogen-bond acceptors (Lipinski definition) is 10. The van der Waals surface area contributed by atoms with Crippen molar-refractivity contribution in [1.82, 2.24) is 10.2 Å². The third-order valence-electron chi connectivity index (χ3n) is 2.99. The maximum atomic E-state index is 12.2. The average Bonchev–Trinajstić information content (AvgIpc) is 3.15. The molecule has 2 aromatic heterocycles. The minimum atomic E-state index is -0.633. The van der Waals surface area contributed by atoms with E-state index in [-0.39, 0.29) is 27.1 Å². The van der Waals surface area contributed by atoms with Crippen molar-refractivity contribution in [2.45, 2.75) is 18.2 Å². The Labute approximate surface area is 155 Å². The van der Waals surface area contributed by atoms with Crippen LogP contribution in [0.2, 0.25) is 0 Å². The molecule has 0 saturated carbocycles. The van der Waals surface area contributed by atoms with Gasteiger partial charge >= 0.3 is 11.9 Å². The van der Waals surface area contributed by atoms with Gasteiger partial charge in [-0.2, -0.15) is 0 Å². The molecule has 25 heavy (non-hydrogen) atoms. The van der Waals surface area contributed by atoms with Crippen LogP contribution < -0.4 is 5.32 Å². The lowest BCUT2D eigenvalue weighted by molar-refractivity contribution is -0.113. The molecular weight excluding hydrogens is 386 g/mol. The Hall–Kier alpha value is -1.98. The number of aromatic nitrogens is 2. The first kappa shape index (κ1) is 19.3. The van der Waals surface area contributed by atoms with Gasteiger partial charge in [-0.15, -0.1) is 21.5 Å². The summed E-state index contributed by atoms with van der Waals surface area (Å²) >= 11 is 3.60. The van der Waals surface area contributed by atoms with Crippen molar-refractivity contribution in [3.8, 4) is 0 Å². The monoisotopic (exact) mass is 401 g/mol. The number of nitrogens with one attached hydrogen (secondary N) is 1. The van der Waals surface area contributed by atoms with Gasteiger partial charge in [0, 0.05) is 0 Å². The van der Waals surface area contributed by atoms with E-state index in [1.165, 1.54) is 37.3 Å². The van der Waals surface area contributed by atoms with Gasteiger partial charge in [-0.25, -0.2) is 9.59 Å². The summed E-state index contributed by atoms with van der Waals surface area (Å²) in [5, 5.41) is 11.5. The Balaban J connectivity index is 2.17. The van der Waals surface area contributed by atoms with Crippen LogP contribution in [-0.4, -0.2) is 48.0 Å². The van der Waals surface area contributed by atoms with E-state index in [9.17, 15) is 14.4 Å². The number of methoxy groups -OCH3 is 2. The number of aryl methyl sites for hydroxylation is 1. The number of rotatable bonds is 6. The van der Waals surface area contributed by atoms with Crippen LogP contribution in [0.5, 0.6) is 0 Å². The number of hydrogen-bond donors (Lipinski definition) is 1. The molecule has 0 spiro atoms. The minimum absolute atomic E-state index is 0.0970. The lowest BCUT2D eigenvalue weighted by atomic mass is 10.1. The summed E-state index contributed by atoms with van der Waals surface area (Å²) in [6.07, 6.45) is 0. The predicted octanol–water partition coefficient (Wildman–Crippen LogP) is 2.52. The van der Waals surface area contributed by atoms with Gasteiger partial charge in [0.1, 0.15) is 14.9 Å². The smallest absolute Gasteiger partial charge is 0.348 e. The van der Waals surface area contributed by atoms with Crippen molar-refractivity contribution in [3.63, 3.8) is 0 Å². The largest absolute Gasteiger partial charge is 0.465 e. The number of carbonyl (C=O) groups is 3. The quantitative estimate of drug-likeness (QED) is 0.581. The van der Waals surface area contributed by atoms with Gasteiger partial charge in [-0.05, 0) is 19.4 Å². The molecule has 11 heteroatoms. The third-order valence-corrected chi connectivity index (χ3v) is 6.15.